The molecule has 1 atom stereocenters. The summed E-state index contributed by atoms with van der Waals surface area (Å²) in [5.41, 5.74) is 6.98. The third kappa shape index (κ3) is 1.97. The molecule has 0 saturated heterocycles. The number of carboxylic acids is 1. The van der Waals surface area contributed by atoms with Gasteiger partial charge < -0.3 is 15.4 Å². The first kappa shape index (κ1) is 9.67. The van der Waals surface area contributed by atoms with Crippen LogP contribution in [0.15, 0.2) is 29.0 Å². The molecule has 0 radical (unpaired) electrons. The summed E-state index contributed by atoms with van der Waals surface area (Å²) in [5.74, 6) is -1.00. The molecule has 0 fully saturated rings. The van der Waals surface area contributed by atoms with Gasteiger partial charge in [-0.1, -0.05) is 11.2 Å². The highest BCUT2D eigenvalue weighted by Gasteiger charge is 2.12. The third-order valence-corrected chi connectivity index (χ3v) is 2.20. The monoisotopic (exact) mass is 206 g/mol. The molecule has 0 saturated carbocycles. The number of hydrogen-bond donors (Lipinski definition) is 2. The predicted molar refractivity (Wildman–Crippen MR) is 53.3 cm³/mol. The maximum atomic E-state index is 10.6. The van der Waals surface area contributed by atoms with E-state index in [1.165, 1.54) is 6.26 Å². The number of benzene rings is 1. The summed E-state index contributed by atoms with van der Waals surface area (Å²) in [6.45, 7) is 0. The quantitative estimate of drug-likeness (QED) is 0.774. The minimum atomic E-state index is -1.00. The van der Waals surface area contributed by atoms with E-state index in [0.29, 0.717) is 5.52 Å². The fourth-order valence-electron chi connectivity index (χ4n) is 1.38. The highest BCUT2D eigenvalue weighted by Crippen LogP contribution is 2.14. The van der Waals surface area contributed by atoms with Crippen molar-refractivity contribution in [2.24, 2.45) is 5.73 Å². The number of hydrogen-bond acceptors (Lipinski definition) is 4. The number of rotatable bonds is 3. The van der Waals surface area contributed by atoms with Gasteiger partial charge in [0, 0.05) is 5.39 Å². The molecule has 78 valence electrons. The smallest absolute Gasteiger partial charge is 0.320 e. The summed E-state index contributed by atoms with van der Waals surface area (Å²) in [5, 5.41) is 13.3. The van der Waals surface area contributed by atoms with Gasteiger partial charge in [-0.25, -0.2) is 0 Å². The molecule has 1 unspecified atom stereocenters. The lowest BCUT2D eigenvalue weighted by molar-refractivity contribution is -0.138. The second-order valence-corrected chi connectivity index (χ2v) is 3.36. The average molecular weight is 206 g/mol. The van der Waals surface area contributed by atoms with Crippen LogP contribution in [0, 0.1) is 0 Å². The standard InChI is InChI=1S/C10H10N2O3/c11-8(10(13)14)3-6-1-2-7-5-15-12-9(7)4-6/h1-2,4-5,8H,3,11H2,(H,13,14). The second kappa shape index (κ2) is 3.70. The molecule has 0 aliphatic heterocycles. The van der Waals surface area contributed by atoms with Gasteiger partial charge in [0.15, 0.2) is 0 Å². The van der Waals surface area contributed by atoms with E-state index < -0.39 is 12.0 Å². The molecule has 1 heterocycles. The van der Waals surface area contributed by atoms with Crippen LogP contribution < -0.4 is 5.73 Å². The Kier molecular flexibility index (Phi) is 2.39. The van der Waals surface area contributed by atoms with Crippen LogP contribution in [0.2, 0.25) is 0 Å². The summed E-state index contributed by atoms with van der Waals surface area (Å²) in [4.78, 5) is 10.6. The van der Waals surface area contributed by atoms with E-state index in [-0.39, 0.29) is 6.42 Å². The highest BCUT2D eigenvalue weighted by molar-refractivity contribution is 5.78. The van der Waals surface area contributed by atoms with Crippen molar-refractivity contribution in [3.8, 4) is 0 Å². The van der Waals surface area contributed by atoms with Crippen LogP contribution in [0.4, 0.5) is 0 Å². The minimum absolute atomic E-state index is 0.290. The van der Waals surface area contributed by atoms with Crippen molar-refractivity contribution in [2.75, 3.05) is 0 Å². The molecule has 0 aliphatic carbocycles. The number of aliphatic carboxylic acids is 1. The lowest BCUT2D eigenvalue weighted by Gasteiger charge is -2.05. The molecule has 3 N–H and O–H groups in total. The molecule has 2 rings (SSSR count). The van der Waals surface area contributed by atoms with E-state index in [1.807, 2.05) is 12.1 Å². The van der Waals surface area contributed by atoms with Gasteiger partial charge in [0.05, 0.1) is 0 Å². The van der Waals surface area contributed by atoms with Crippen LogP contribution in [0.25, 0.3) is 10.9 Å². The van der Waals surface area contributed by atoms with E-state index in [0.717, 1.165) is 10.9 Å². The lowest BCUT2D eigenvalue weighted by atomic mass is 10.1. The average Bonchev–Trinajstić information content (AvgIpc) is 2.64. The summed E-state index contributed by atoms with van der Waals surface area (Å²) in [6.07, 6.45) is 1.83. The van der Waals surface area contributed by atoms with Gasteiger partial charge in [-0.15, -0.1) is 0 Å². The highest BCUT2D eigenvalue weighted by atomic mass is 16.5. The predicted octanol–water partition coefficient (Wildman–Crippen LogP) is 0.782. The topological polar surface area (TPSA) is 89.4 Å². The SMILES string of the molecule is NC(Cc1ccc2conc2c1)C(=O)O. The Balaban J connectivity index is 2.24. The normalized spacial score (nSPS) is 12.9. The van der Waals surface area contributed by atoms with Crippen LogP contribution in [-0.4, -0.2) is 22.3 Å². The molecule has 0 aliphatic rings. The van der Waals surface area contributed by atoms with Gasteiger partial charge >= 0.3 is 5.97 Å². The Morgan fingerprint density at radius 1 is 1.60 bits per heavy atom. The summed E-state index contributed by atoms with van der Waals surface area (Å²) in [6, 6.07) is 4.55. The number of fused-ring (bicyclic) bond motifs is 1. The van der Waals surface area contributed by atoms with Gasteiger partial charge in [0.25, 0.3) is 0 Å². The maximum Gasteiger partial charge on any atom is 0.320 e. The van der Waals surface area contributed by atoms with E-state index >= 15 is 0 Å². The van der Waals surface area contributed by atoms with Gasteiger partial charge in [0.2, 0.25) is 0 Å². The van der Waals surface area contributed by atoms with Crippen LogP contribution in [0.5, 0.6) is 0 Å². The van der Waals surface area contributed by atoms with Gasteiger partial charge in [-0.3, -0.25) is 4.79 Å². The molecule has 0 spiro atoms. The van der Waals surface area contributed by atoms with E-state index in [2.05, 4.69) is 5.16 Å². The number of carbonyl (C=O) groups is 1. The molecule has 15 heavy (non-hydrogen) atoms. The van der Waals surface area contributed by atoms with Gasteiger partial charge in [-0.2, -0.15) is 0 Å². The van der Waals surface area contributed by atoms with Crippen molar-refractivity contribution >= 4 is 16.9 Å². The Morgan fingerprint density at radius 2 is 2.40 bits per heavy atom. The molecule has 2 aromatic rings. The molecular formula is C10H10N2O3. The molecule has 5 heteroatoms. The zero-order valence-electron chi connectivity index (χ0n) is 7.88. The van der Waals surface area contributed by atoms with Crippen molar-refractivity contribution in [3.05, 3.63) is 30.0 Å². The fourth-order valence-corrected chi connectivity index (χ4v) is 1.38. The van der Waals surface area contributed by atoms with Gasteiger partial charge in [0.1, 0.15) is 17.8 Å². The van der Waals surface area contributed by atoms with Crippen LogP contribution in [0.1, 0.15) is 5.56 Å². The number of nitrogens with two attached hydrogens (primary N) is 1. The third-order valence-electron chi connectivity index (χ3n) is 2.20. The Bertz CT molecular complexity index is 492. The summed E-state index contributed by atoms with van der Waals surface area (Å²) >= 11 is 0. The number of nitrogens with zero attached hydrogens (tertiary/aromatic N) is 1. The molecule has 1 aromatic carbocycles. The summed E-state index contributed by atoms with van der Waals surface area (Å²) in [7, 11) is 0. The zero-order valence-corrected chi connectivity index (χ0v) is 7.88. The lowest BCUT2D eigenvalue weighted by Crippen LogP contribution is -2.32. The molecule has 1 aromatic heterocycles. The second-order valence-electron chi connectivity index (χ2n) is 3.36. The Morgan fingerprint density at radius 3 is 3.13 bits per heavy atom. The van der Waals surface area contributed by atoms with Crippen molar-refractivity contribution < 1.29 is 14.4 Å². The van der Waals surface area contributed by atoms with E-state index in [1.54, 1.807) is 6.07 Å². The largest absolute Gasteiger partial charge is 0.480 e. The first-order valence-corrected chi connectivity index (χ1v) is 4.48. The molecule has 0 bridgehead atoms. The fraction of sp³-hybridized carbons (Fsp3) is 0.200. The van der Waals surface area contributed by atoms with Crippen molar-refractivity contribution in [1.29, 1.82) is 0 Å². The molecular weight excluding hydrogens is 196 g/mol. The zero-order chi connectivity index (χ0) is 10.8. The van der Waals surface area contributed by atoms with Crippen LogP contribution >= 0.6 is 0 Å². The maximum absolute atomic E-state index is 10.6. The van der Waals surface area contributed by atoms with Crippen LogP contribution in [0.3, 0.4) is 0 Å². The van der Waals surface area contributed by atoms with Crippen molar-refractivity contribution in [3.63, 3.8) is 0 Å². The Labute approximate surface area is 85.5 Å². The van der Waals surface area contributed by atoms with Crippen molar-refractivity contribution in [1.82, 2.24) is 5.16 Å². The Hall–Kier alpha value is -1.88. The molecule has 0 amide bonds. The first-order chi connectivity index (χ1) is 7.16. The number of aromatic nitrogens is 1. The van der Waals surface area contributed by atoms with Crippen LogP contribution in [-0.2, 0) is 11.2 Å². The van der Waals surface area contributed by atoms with E-state index in [9.17, 15) is 4.79 Å². The minimum Gasteiger partial charge on any atom is -0.480 e. The number of carboxylic acid groups (broad SMARTS) is 1. The summed E-state index contributed by atoms with van der Waals surface area (Å²) < 4.78 is 4.77. The molecule has 5 nitrogen and oxygen atoms in total. The first-order valence-electron chi connectivity index (χ1n) is 4.48. The van der Waals surface area contributed by atoms with Crippen molar-refractivity contribution in [2.45, 2.75) is 12.5 Å². The van der Waals surface area contributed by atoms with E-state index in [4.69, 9.17) is 15.4 Å². The van der Waals surface area contributed by atoms with Gasteiger partial charge in [-0.05, 0) is 24.1 Å².